The first-order valence-electron chi connectivity index (χ1n) is 22.7. The Hall–Kier alpha value is -9.58. The van der Waals surface area contributed by atoms with Gasteiger partial charge < -0.3 is 0 Å². The van der Waals surface area contributed by atoms with Gasteiger partial charge in [0.25, 0.3) is 0 Å². The van der Waals surface area contributed by atoms with Crippen molar-refractivity contribution >= 4 is 81.1 Å². The van der Waals surface area contributed by atoms with Crippen LogP contribution in [0.3, 0.4) is 0 Å². The molecule has 0 heterocycles. The summed E-state index contributed by atoms with van der Waals surface area (Å²) in [5.41, 5.74) is 16.0. The van der Waals surface area contributed by atoms with Crippen LogP contribution in [0.2, 0.25) is 0 Å². The Morgan fingerprint density at radius 1 is 0.338 bits per heavy atom. The van der Waals surface area contributed by atoms with Crippen LogP contribution in [0.4, 0.5) is 5.69 Å². The second kappa shape index (κ2) is 13.5. The van der Waals surface area contributed by atoms with Gasteiger partial charge in [0, 0.05) is 10.9 Å². The molecule has 0 saturated heterocycles. The molecular weight excluding hydrogens is 825 g/mol. The van der Waals surface area contributed by atoms with Crippen LogP contribution >= 0.6 is 0 Å². The predicted octanol–water partition coefficient (Wildman–Crippen LogP) is 17.2. The molecule has 12 aromatic rings. The minimum atomic E-state index is 0.467. The third kappa shape index (κ3) is 4.68. The van der Waals surface area contributed by atoms with Crippen LogP contribution < -0.4 is 0 Å². The van der Waals surface area contributed by atoms with E-state index in [9.17, 15) is 15.8 Å². The molecule has 2 aliphatic carbocycles. The Balaban J connectivity index is 1.24. The van der Waals surface area contributed by atoms with Gasteiger partial charge in [0.15, 0.2) is 5.69 Å². The lowest BCUT2D eigenvalue weighted by Crippen LogP contribution is -1.98. The lowest BCUT2D eigenvalue weighted by atomic mass is 9.81. The van der Waals surface area contributed by atoms with E-state index in [4.69, 9.17) is 6.57 Å². The highest BCUT2D eigenvalue weighted by Gasteiger charge is 2.29. The molecule has 0 amide bonds. The molecule has 0 N–H and O–H groups in total. The number of hydrogen-bond acceptors (Lipinski definition) is 3. The van der Waals surface area contributed by atoms with E-state index >= 15 is 0 Å². The molecule has 0 saturated carbocycles. The van der Waals surface area contributed by atoms with E-state index in [0.29, 0.717) is 33.5 Å². The summed E-state index contributed by atoms with van der Waals surface area (Å²) in [6, 6.07) is 63.5. The minimum Gasteiger partial charge on any atom is -0.237 e. The molecule has 0 aromatic heterocycles. The molecule has 0 fully saturated rings. The molecule has 308 valence electrons. The standard InChI is InChI=1S/C64H32N4/c1-33-57(30-65)37-16-4-6-18-39(37)62(59(33)32-67)55-28-51-50-25-46-42-21-9-13-36-15-11-23-44(61(36)42)48(46)27-54(50)56(63-40-19-7-5-17-38(40)58(31-66)34(2)64(63)68-3)29-52(51)49-24-45-41-20-8-12-35-14-10-22-43(60(35)41)47(45)26-53(49)55/h4-29H,1-2H3. The number of nitrogens with zero attached hydrogens (tertiary/aromatic N) is 4. The van der Waals surface area contributed by atoms with E-state index in [2.05, 4.69) is 132 Å². The first kappa shape index (κ1) is 37.8. The van der Waals surface area contributed by atoms with Crippen molar-refractivity contribution in [3.8, 4) is 85.0 Å². The van der Waals surface area contributed by atoms with Crippen LogP contribution in [0.5, 0.6) is 0 Å². The van der Waals surface area contributed by atoms with Crippen molar-refractivity contribution in [1.82, 2.24) is 0 Å². The summed E-state index contributed by atoms with van der Waals surface area (Å²) in [5.74, 6) is 0. The molecule has 4 heteroatoms. The van der Waals surface area contributed by atoms with E-state index in [1.807, 2.05) is 62.4 Å². The summed E-state index contributed by atoms with van der Waals surface area (Å²) in [6.07, 6.45) is 0. The normalized spacial score (nSPS) is 11.9. The molecule has 68 heavy (non-hydrogen) atoms. The summed E-state index contributed by atoms with van der Waals surface area (Å²) in [7, 11) is 0. The van der Waals surface area contributed by atoms with Crippen molar-refractivity contribution < 1.29 is 0 Å². The van der Waals surface area contributed by atoms with Gasteiger partial charge >= 0.3 is 0 Å². The second-order valence-corrected chi connectivity index (χ2v) is 18.3. The molecule has 0 unspecified atom stereocenters. The molecule has 0 atom stereocenters. The average molecular weight is 857 g/mol. The SMILES string of the molecule is [C-]#[N+]c1c(C)c(C#N)c2ccccc2c1-c1cc2c3cc4c(cc3c(-c3c(C#N)c(C)c(C#N)c5ccccc35)cc2c2cc3c(cc12)-c1cccc2cccc-3c12)-c1cccc2cccc-4c12. The van der Waals surface area contributed by atoms with Crippen LogP contribution in [-0.4, -0.2) is 0 Å². The fourth-order valence-corrected chi connectivity index (χ4v) is 12.3. The largest absolute Gasteiger partial charge is 0.237 e. The molecule has 12 aromatic carbocycles. The van der Waals surface area contributed by atoms with Crippen LogP contribution in [0.1, 0.15) is 27.8 Å². The van der Waals surface area contributed by atoms with E-state index in [1.54, 1.807) is 0 Å². The third-order valence-corrected chi connectivity index (χ3v) is 15.2. The van der Waals surface area contributed by atoms with Crippen LogP contribution in [0, 0.1) is 54.4 Å². The van der Waals surface area contributed by atoms with Crippen molar-refractivity contribution in [2.24, 2.45) is 0 Å². The number of benzene rings is 12. The Morgan fingerprint density at radius 2 is 0.691 bits per heavy atom. The average Bonchev–Trinajstić information content (AvgIpc) is 3.87. The van der Waals surface area contributed by atoms with Gasteiger partial charge in [-0.15, -0.1) is 0 Å². The maximum atomic E-state index is 11.2. The number of rotatable bonds is 2. The zero-order chi connectivity index (χ0) is 45.7. The molecule has 0 bridgehead atoms. The van der Waals surface area contributed by atoms with Gasteiger partial charge in [0.2, 0.25) is 0 Å². The Labute approximate surface area is 390 Å². The van der Waals surface area contributed by atoms with Gasteiger partial charge in [-0.2, -0.15) is 15.8 Å². The van der Waals surface area contributed by atoms with E-state index < -0.39 is 0 Å². The zero-order valence-corrected chi connectivity index (χ0v) is 36.8. The summed E-state index contributed by atoms with van der Waals surface area (Å²) >= 11 is 0. The molecule has 14 rings (SSSR count). The van der Waals surface area contributed by atoms with Crippen LogP contribution in [0.15, 0.2) is 158 Å². The Bertz CT molecular complexity index is 4310. The quantitative estimate of drug-likeness (QED) is 0.128. The van der Waals surface area contributed by atoms with Gasteiger partial charge in [-0.25, -0.2) is 4.85 Å². The first-order valence-corrected chi connectivity index (χ1v) is 22.7. The van der Waals surface area contributed by atoms with Gasteiger partial charge in [0.1, 0.15) is 12.1 Å². The smallest absolute Gasteiger partial charge is 0.199 e. The number of hydrogen-bond donors (Lipinski definition) is 0. The van der Waals surface area contributed by atoms with E-state index in [1.165, 1.54) is 43.8 Å². The fraction of sp³-hybridized carbons (Fsp3) is 0.0312. The highest BCUT2D eigenvalue weighted by molar-refractivity contribution is 6.31. The minimum absolute atomic E-state index is 0.467. The molecular formula is C64H32N4. The van der Waals surface area contributed by atoms with Gasteiger partial charge in [-0.1, -0.05) is 121 Å². The van der Waals surface area contributed by atoms with Crippen molar-refractivity contribution in [3.63, 3.8) is 0 Å². The Morgan fingerprint density at radius 3 is 1.12 bits per heavy atom. The monoisotopic (exact) mass is 856 g/mol. The van der Waals surface area contributed by atoms with Crippen molar-refractivity contribution in [3.05, 3.63) is 197 Å². The highest BCUT2D eigenvalue weighted by atomic mass is 14.7. The van der Waals surface area contributed by atoms with Crippen molar-refractivity contribution in [2.75, 3.05) is 0 Å². The molecule has 0 aliphatic heterocycles. The topological polar surface area (TPSA) is 75.7 Å². The maximum absolute atomic E-state index is 11.2. The molecule has 0 spiro atoms. The van der Waals surface area contributed by atoms with Gasteiger partial charge in [-0.3, -0.25) is 0 Å². The molecule has 0 radical (unpaired) electrons. The number of fused-ring (bicyclic) bond motifs is 13. The van der Waals surface area contributed by atoms with Gasteiger partial charge in [0.05, 0.1) is 29.3 Å². The molecule has 4 nitrogen and oxygen atoms in total. The predicted molar refractivity (Wildman–Crippen MR) is 279 cm³/mol. The fourth-order valence-electron chi connectivity index (χ4n) is 12.3. The number of nitriles is 3. The zero-order valence-electron chi connectivity index (χ0n) is 36.8. The Kier molecular flexibility index (Phi) is 7.49. The van der Waals surface area contributed by atoms with E-state index in [0.717, 1.165) is 98.4 Å². The summed E-state index contributed by atoms with van der Waals surface area (Å²) in [5, 5.41) is 46.5. The summed E-state index contributed by atoms with van der Waals surface area (Å²) in [6.45, 7) is 12.6. The lowest BCUT2D eigenvalue weighted by molar-refractivity contribution is 1.38. The van der Waals surface area contributed by atoms with Crippen molar-refractivity contribution in [1.29, 1.82) is 15.8 Å². The lowest BCUT2D eigenvalue weighted by Gasteiger charge is -2.22. The third-order valence-electron chi connectivity index (χ3n) is 15.2. The summed E-state index contributed by atoms with van der Waals surface area (Å²) in [4.78, 5) is 4.25. The van der Waals surface area contributed by atoms with Gasteiger partial charge in [-0.05, 0) is 193 Å². The van der Waals surface area contributed by atoms with E-state index in [-0.39, 0.29) is 0 Å². The van der Waals surface area contributed by atoms with Crippen LogP contribution in [0.25, 0.3) is 147 Å². The highest BCUT2D eigenvalue weighted by Crippen LogP contribution is 2.56. The first-order chi connectivity index (χ1) is 33.4. The molecule has 2 aliphatic rings. The summed E-state index contributed by atoms with van der Waals surface area (Å²) < 4.78 is 0. The second-order valence-electron chi connectivity index (χ2n) is 18.3. The van der Waals surface area contributed by atoms with Crippen molar-refractivity contribution in [2.45, 2.75) is 13.8 Å². The maximum Gasteiger partial charge on any atom is 0.199 e. The van der Waals surface area contributed by atoms with Crippen LogP contribution in [-0.2, 0) is 0 Å².